The topological polar surface area (TPSA) is 87.8 Å². The number of rotatable bonds is 4. The normalized spacial score (nSPS) is 20.0. The molecule has 0 amide bonds. The lowest BCUT2D eigenvalue weighted by atomic mass is 9.95. The van der Waals surface area contributed by atoms with Crippen molar-refractivity contribution in [2.24, 2.45) is 12.2 Å². The predicted octanol–water partition coefficient (Wildman–Crippen LogP) is 3.96. The molecule has 2 saturated heterocycles. The van der Waals surface area contributed by atoms with E-state index in [0.29, 0.717) is 30.0 Å². The first kappa shape index (κ1) is 23.5. The zero-order valence-corrected chi connectivity index (χ0v) is 20.2. The zero-order valence-electron chi connectivity index (χ0n) is 20.2. The third kappa shape index (κ3) is 4.32. The fourth-order valence-electron chi connectivity index (χ4n) is 5.46. The molecule has 8 nitrogen and oxygen atoms in total. The van der Waals surface area contributed by atoms with Gasteiger partial charge in [-0.3, -0.25) is 9.67 Å². The highest BCUT2D eigenvalue weighted by molar-refractivity contribution is 6.02. The fourth-order valence-corrected chi connectivity index (χ4v) is 5.46. The molecule has 2 aromatic carbocycles. The van der Waals surface area contributed by atoms with Gasteiger partial charge < -0.3 is 20.2 Å². The molecule has 2 aromatic heterocycles. The number of aromatic nitrogens is 3. The van der Waals surface area contributed by atoms with Gasteiger partial charge in [0.2, 0.25) is 0 Å². The number of anilines is 1. The van der Waals surface area contributed by atoms with E-state index in [4.69, 9.17) is 9.94 Å². The molecule has 2 atom stereocenters. The molecule has 6 rings (SSSR count). The van der Waals surface area contributed by atoms with Crippen molar-refractivity contribution in [3.05, 3.63) is 66.1 Å². The van der Waals surface area contributed by atoms with Gasteiger partial charge in [0.05, 0.1) is 42.0 Å². The number of oxime groups is 1. The number of nitrogens with one attached hydrogen (secondary N) is 1. The number of hydrogen-bond acceptors (Lipinski definition) is 7. The summed E-state index contributed by atoms with van der Waals surface area (Å²) in [6.07, 6.45) is 5.63. The lowest BCUT2D eigenvalue weighted by Crippen LogP contribution is -2.57. The Morgan fingerprint density at radius 3 is 2.76 bits per heavy atom. The Hall–Kier alpha value is -3.89. The van der Waals surface area contributed by atoms with E-state index in [1.54, 1.807) is 24.1 Å². The van der Waals surface area contributed by atoms with Crippen molar-refractivity contribution < 1.29 is 18.7 Å². The molecule has 2 fully saturated rings. The second kappa shape index (κ2) is 9.53. The molecule has 2 aliphatic heterocycles. The number of halogens is 2. The second-order valence-corrected chi connectivity index (χ2v) is 9.43. The van der Waals surface area contributed by atoms with Crippen LogP contribution < -0.4 is 10.2 Å². The summed E-state index contributed by atoms with van der Waals surface area (Å²) in [5.74, 6) is -1.28. The van der Waals surface area contributed by atoms with Gasteiger partial charge in [-0.15, -0.1) is 0 Å². The van der Waals surface area contributed by atoms with Crippen molar-refractivity contribution in [3.63, 3.8) is 0 Å². The number of nitrogens with zero attached hydrogens (tertiary/aromatic N) is 5. The van der Waals surface area contributed by atoms with Crippen LogP contribution in [0.5, 0.6) is 0 Å². The average Bonchev–Trinajstić information content (AvgIpc) is 3.27. The van der Waals surface area contributed by atoms with Crippen LogP contribution in [-0.4, -0.2) is 64.6 Å². The Labute approximate surface area is 212 Å². The van der Waals surface area contributed by atoms with Crippen molar-refractivity contribution in [2.75, 3.05) is 31.1 Å². The number of ether oxygens (including phenoxy) is 1. The molecule has 0 aliphatic carbocycles. The van der Waals surface area contributed by atoms with Crippen LogP contribution in [0.1, 0.15) is 12.1 Å². The van der Waals surface area contributed by atoms with Crippen molar-refractivity contribution in [1.82, 2.24) is 20.1 Å². The Balaban J connectivity index is 1.55. The van der Waals surface area contributed by atoms with E-state index in [-0.39, 0.29) is 12.1 Å². The standard InChI is InChI=1S/C27H26F2N6O2/c1-34-25(14-33-36)21(13-32-34)16-2-3-23-20(10-16)27(35-6-4-24-26(15-35)37-7-5-30-24)22(12-31-23)17-8-18(28)11-19(29)9-17/h2-3,8-14,24,26,30,36H,4-7,15H2,1H3. The quantitative estimate of drug-likeness (QED) is 0.249. The van der Waals surface area contributed by atoms with Crippen LogP contribution in [0, 0.1) is 11.6 Å². The number of morpholine rings is 1. The molecule has 4 heterocycles. The first-order valence-electron chi connectivity index (χ1n) is 12.2. The molecule has 4 aromatic rings. The van der Waals surface area contributed by atoms with Gasteiger partial charge >= 0.3 is 0 Å². The van der Waals surface area contributed by atoms with Crippen molar-refractivity contribution >= 4 is 22.8 Å². The monoisotopic (exact) mass is 504 g/mol. The molecule has 0 saturated carbocycles. The van der Waals surface area contributed by atoms with Crippen LogP contribution >= 0.6 is 0 Å². The molecule has 2 aliphatic rings. The smallest absolute Gasteiger partial charge is 0.126 e. The molecule has 0 radical (unpaired) electrons. The average molecular weight is 505 g/mol. The van der Waals surface area contributed by atoms with Crippen molar-refractivity contribution in [3.8, 4) is 22.3 Å². The van der Waals surface area contributed by atoms with Crippen LogP contribution in [0.4, 0.5) is 14.5 Å². The summed E-state index contributed by atoms with van der Waals surface area (Å²) in [5.41, 5.74) is 4.96. The number of pyridine rings is 1. The van der Waals surface area contributed by atoms with Gasteiger partial charge in [0.15, 0.2) is 0 Å². The number of piperidine rings is 1. The van der Waals surface area contributed by atoms with Gasteiger partial charge in [0.25, 0.3) is 0 Å². The predicted molar refractivity (Wildman–Crippen MR) is 137 cm³/mol. The maximum atomic E-state index is 14.3. The van der Waals surface area contributed by atoms with Gasteiger partial charge in [0.1, 0.15) is 11.6 Å². The van der Waals surface area contributed by atoms with Crippen molar-refractivity contribution in [1.29, 1.82) is 0 Å². The first-order chi connectivity index (χ1) is 18.0. The molecule has 0 spiro atoms. The lowest BCUT2D eigenvalue weighted by Gasteiger charge is -2.43. The highest BCUT2D eigenvalue weighted by Crippen LogP contribution is 2.40. The maximum Gasteiger partial charge on any atom is 0.126 e. The SMILES string of the molecule is Cn1ncc(-c2ccc3ncc(-c4cc(F)cc(F)c4)c(N4CCC5NCCOC5C4)c3c2)c1C=NO. The summed E-state index contributed by atoms with van der Waals surface area (Å²) in [7, 11) is 1.77. The minimum absolute atomic E-state index is 0.0108. The number of aryl methyl sites for hydroxylation is 1. The molecule has 2 unspecified atom stereocenters. The summed E-state index contributed by atoms with van der Waals surface area (Å²) in [5, 5.41) is 21.0. The maximum absolute atomic E-state index is 14.3. The van der Waals surface area contributed by atoms with Crippen LogP contribution in [0.2, 0.25) is 0 Å². The van der Waals surface area contributed by atoms with E-state index >= 15 is 0 Å². The van der Waals surface area contributed by atoms with Gasteiger partial charge in [-0.25, -0.2) is 8.78 Å². The van der Waals surface area contributed by atoms with E-state index in [1.807, 2.05) is 18.2 Å². The highest BCUT2D eigenvalue weighted by atomic mass is 19.1. The molecule has 2 N–H and O–H groups in total. The zero-order chi connectivity index (χ0) is 25.5. The first-order valence-corrected chi connectivity index (χ1v) is 12.2. The summed E-state index contributed by atoms with van der Waals surface area (Å²) >= 11 is 0. The van der Waals surface area contributed by atoms with Gasteiger partial charge in [0, 0.05) is 61.5 Å². The summed E-state index contributed by atoms with van der Waals surface area (Å²) in [6, 6.07) is 9.68. The Kier molecular flexibility index (Phi) is 6.05. The fraction of sp³-hybridized carbons (Fsp3) is 0.296. The van der Waals surface area contributed by atoms with Gasteiger partial charge in [-0.2, -0.15) is 5.10 Å². The summed E-state index contributed by atoms with van der Waals surface area (Å²) in [4.78, 5) is 6.89. The van der Waals surface area contributed by atoms with Crippen LogP contribution in [0.3, 0.4) is 0 Å². The largest absolute Gasteiger partial charge is 0.411 e. The van der Waals surface area contributed by atoms with E-state index in [1.165, 1.54) is 18.3 Å². The van der Waals surface area contributed by atoms with Crippen LogP contribution in [0.15, 0.2) is 53.9 Å². The minimum atomic E-state index is -0.642. The van der Waals surface area contributed by atoms with Crippen LogP contribution in [-0.2, 0) is 11.8 Å². The number of benzene rings is 2. The molecule has 190 valence electrons. The van der Waals surface area contributed by atoms with E-state index in [0.717, 1.165) is 53.3 Å². The Morgan fingerprint density at radius 1 is 1.11 bits per heavy atom. The lowest BCUT2D eigenvalue weighted by molar-refractivity contribution is -0.00896. The summed E-state index contributed by atoms with van der Waals surface area (Å²) < 4.78 is 36.3. The second-order valence-electron chi connectivity index (χ2n) is 9.43. The highest BCUT2D eigenvalue weighted by Gasteiger charge is 2.33. The van der Waals surface area contributed by atoms with Crippen molar-refractivity contribution in [2.45, 2.75) is 18.6 Å². The molecule has 0 bridgehead atoms. The summed E-state index contributed by atoms with van der Waals surface area (Å²) in [6.45, 7) is 2.87. The Bertz CT molecular complexity index is 1480. The number of hydrogen-bond donors (Lipinski definition) is 2. The van der Waals surface area contributed by atoms with E-state index < -0.39 is 11.6 Å². The third-order valence-corrected chi connectivity index (χ3v) is 7.20. The third-order valence-electron chi connectivity index (χ3n) is 7.20. The molecular formula is C27H26F2N6O2. The van der Waals surface area contributed by atoms with Crippen LogP contribution in [0.25, 0.3) is 33.2 Å². The van der Waals surface area contributed by atoms with Gasteiger partial charge in [-0.1, -0.05) is 11.2 Å². The molecule has 37 heavy (non-hydrogen) atoms. The molecular weight excluding hydrogens is 478 g/mol. The van der Waals surface area contributed by atoms with E-state index in [9.17, 15) is 8.78 Å². The van der Waals surface area contributed by atoms with E-state index in [2.05, 4.69) is 25.5 Å². The number of fused-ring (bicyclic) bond motifs is 2. The van der Waals surface area contributed by atoms with Gasteiger partial charge in [-0.05, 0) is 41.8 Å². The Morgan fingerprint density at radius 2 is 1.95 bits per heavy atom. The molecule has 10 heteroatoms. The minimum Gasteiger partial charge on any atom is -0.411 e.